The lowest BCUT2D eigenvalue weighted by Gasteiger charge is -2.32. The van der Waals surface area contributed by atoms with Gasteiger partial charge in [-0.15, -0.1) is 0 Å². The fourth-order valence-corrected chi connectivity index (χ4v) is 2.59. The SMILES string of the molecule is CC(C)(O)CNC(=O)N[C@H]1CCCC[C@H]1n1cccn1. The summed E-state index contributed by atoms with van der Waals surface area (Å²) in [5.41, 5.74) is -0.898. The third kappa shape index (κ3) is 4.23. The quantitative estimate of drug-likeness (QED) is 0.780. The molecule has 0 bridgehead atoms. The van der Waals surface area contributed by atoms with E-state index in [0.717, 1.165) is 25.7 Å². The second kappa shape index (κ2) is 6.26. The van der Waals surface area contributed by atoms with E-state index in [4.69, 9.17) is 0 Å². The van der Waals surface area contributed by atoms with Gasteiger partial charge in [-0.2, -0.15) is 5.10 Å². The number of nitrogens with one attached hydrogen (secondary N) is 2. The molecule has 2 rings (SSSR count). The number of hydrogen-bond acceptors (Lipinski definition) is 3. The summed E-state index contributed by atoms with van der Waals surface area (Å²) in [4.78, 5) is 11.9. The normalized spacial score (nSPS) is 23.4. The zero-order chi connectivity index (χ0) is 14.6. The molecule has 1 aromatic heterocycles. The Kier molecular flexibility index (Phi) is 4.65. The molecule has 2 amide bonds. The molecule has 0 aliphatic heterocycles. The van der Waals surface area contributed by atoms with Gasteiger partial charge in [0.25, 0.3) is 0 Å². The number of carbonyl (C=O) groups is 1. The highest BCUT2D eigenvalue weighted by atomic mass is 16.3. The molecule has 0 unspecified atom stereocenters. The predicted molar refractivity (Wildman–Crippen MR) is 76.4 cm³/mol. The third-order valence-electron chi connectivity index (χ3n) is 3.59. The van der Waals surface area contributed by atoms with E-state index in [1.807, 2.05) is 16.9 Å². The van der Waals surface area contributed by atoms with E-state index >= 15 is 0 Å². The summed E-state index contributed by atoms with van der Waals surface area (Å²) in [5.74, 6) is 0. The number of aromatic nitrogens is 2. The van der Waals surface area contributed by atoms with Crippen LogP contribution in [0.3, 0.4) is 0 Å². The van der Waals surface area contributed by atoms with Crippen LogP contribution < -0.4 is 10.6 Å². The van der Waals surface area contributed by atoms with Crippen LogP contribution in [0, 0.1) is 0 Å². The molecule has 0 spiro atoms. The van der Waals surface area contributed by atoms with Crippen molar-refractivity contribution in [3.63, 3.8) is 0 Å². The van der Waals surface area contributed by atoms with Gasteiger partial charge < -0.3 is 15.7 Å². The van der Waals surface area contributed by atoms with Crippen molar-refractivity contribution in [2.24, 2.45) is 0 Å². The van der Waals surface area contributed by atoms with Crippen LogP contribution in [0.4, 0.5) is 4.79 Å². The molecule has 1 fully saturated rings. The van der Waals surface area contributed by atoms with Gasteiger partial charge in [-0.05, 0) is 32.8 Å². The molecular formula is C14H24N4O2. The second-order valence-corrected chi connectivity index (χ2v) is 6.08. The monoisotopic (exact) mass is 280 g/mol. The molecule has 1 heterocycles. The molecule has 2 atom stereocenters. The van der Waals surface area contributed by atoms with E-state index in [-0.39, 0.29) is 24.7 Å². The Morgan fingerprint density at radius 2 is 2.20 bits per heavy atom. The van der Waals surface area contributed by atoms with Crippen molar-refractivity contribution in [2.45, 2.75) is 57.2 Å². The summed E-state index contributed by atoms with van der Waals surface area (Å²) in [5, 5.41) is 19.6. The van der Waals surface area contributed by atoms with Crippen molar-refractivity contribution >= 4 is 6.03 Å². The van der Waals surface area contributed by atoms with Crippen LogP contribution in [0.1, 0.15) is 45.6 Å². The summed E-state index contributed by atoms with van der Waals surface area (Å²) in [7, 11) is 0. The Balaban J connectivity index is 1.90. The van der Waals surface area contributed by atoms with Crippen molar-refractivity contribution in [1.82, 2.24) is 20.4 Å². The summed E-state index contributed by atoms with van der Waals surface area (Å²) < 4.78 is 1.93. The smallest absolute Gasteiger partial charge is 0.315 e. The number of carbonyl (C=O) groups excluding carboxylic acids is 1. The molecular weight excluding hydrogens is 256 g/mol. The Bertz CT molecular complexity index is 425. The Labute approximate surface area is 119 Å². The zero-order valence-electron chi connectivity index (χ0n) is 12.2. The predicted octanol–water partition coefficient (Wildman–Crippen LogP) is 1.44. The van der Waals surface area contributed by atoms with E-state index in [9.17, 15) is 9.90 Å². The number of nitrogens with zero attached hydrogens (tertiary/aromatic N) is 2. The van der Waals surface area contributed by atoms with Crippen LogP contribution in [-0.4, -0.2) is 39.1 Å². The fourth-order valence-electron chi connectivity index (χ4n) is 2.59. The first-order chi connectivity index (χ1) is 9.46. The van der Waals surface area contributed by atoms with Gasteiger partial charge in [0.05, 0.1) is 17.7 Å². The van der Waals surface area contributed by atoms with Crippen LogP contribution in [-0.2, 0) is 0 Å². The molecule has 0 radical (unpaired) electrons. The first-order valence-corrected chi connectivity index (χ1v) is 7.21. The fraction of sp³-hybridized carbons (Fsp3) is 0.714. The molecule has 3 N–H and O–H groups in total. The molecule has 6 nitrogen and oxygen atoms in total. The van der Waals surface area contributed by atoms with Crippen LogP contribution in [0.5, 0.6) is 0 Å². The van der Waals surface area contributed by atoms with Gasteiger partial charge in [0.15, 0.2) is 0 Å². The minimum atomic E-state index is -0.898. The number of aliphatic hydroxyl groups is 1. The summed E-state index contributed by atoms with van der Waals surface area (Å²) in [6.07, 6.45) is 7.97. The van der Waals surface area contributed by atoms with Crippen molar-refractivity contribution in [2.75, 3.05) is 6.54 Å². The van der Waals surface area contributed by atoms with Gasteiger partial charge in [0.1, 0.15) is 0 Å². The number of rotatable bonds is 4. The highest BCUT2D eigenvalue weighted by Crippen LogP contribution is 2.27. The van der Waals surface area contributed by atoms with Crippen molar-refractivity contribution < 1.29 is 9.90 Å². The number of hydrogen-bond donors (Lipinski definition) is 3. The molecule has 0 saturated heterocycles. The maximum Gasteiger partial charge on any atom is 0.315 e. The average Bonchev–Trinajstić information content (AvgIpc) is 2.90. The van der Waals surface area contributed by atoms with E-state index in [0.29, 0.717) is 0 Å². The molecule has 1 aliphatic rings. The highest BCUT2D eigenvalue weighted by Gasteiger charge is 2.28. The molecule has 20 heavy (non-hydrogen) atoms. The van der Waals surface area contributed by atoms with E-state index in [1.165, 1.54) is 0 Å². The summed E-state index contributed by atoms with van der Waals surface area (Å²) in [6, 6.07) is 1.98. The van der Waals surface area contributed by atoms with E-state index < -0.39 is 5.60 Å². The van der Waals surface area contributed by atoms with Crippen LogP contribution in [0.2, 0.25) is 0 Å². The lowest BCUT2D eigenvalue weighted by Crippen LogP contribution is -2.50. The van der Waals surface area contributed by atoms with Gasteiger partial charge in [0, 0.05) is 18.9 Å². The second-order valence-electron chi connectivity index (χ2n) is 6.08. The molecule has 1 saturated carbocycles. The Hall–Kier alpha value is -1.56. The van der Waals surface area contributed by atoms with Crippen LogP contribution in [0.25, 0.3) is 0 Å². The maximum atomic E-state index is 11.9. The minimum Gasteiger partial charge on any atom is -0.389 e. The lowest BCUT2D eigenvalue weighted by atomic mass is 9.90. The van der Waals surface area contributed by atoms with Gasteiger partial charge in [-0.25, -0.2) is 4.79 Å². The molecule has 1 aromatic rings. The minimum absolute atomic E-state index is 0.0884. The topological polar surface area (TPSA) is 79.2 Å². The molecule has 112 valence electrons. The molecule has 1 aliphatic carbocycles. The van der Waals surface area contributed by atoms with Crippen LogP contribution >= 0.6 is 0 Å². The van der Waals surface area contributed by atoms with Gasteiger partial charge >= 0.3 is 6.03 Å². The maximum absolute atomic E-state index is 11.9. The first-order valence-electron chi connectivity index (χ1n) is 7.21. The van der Waals surface area contributed by atoms with Crippen molar-refractivity contribution in [3.8, 4) is 0 Å². The first kappa shape index (κ1) is 14.8. The third-order valence-corrected chi connectivity index (χ3v) is 3.59. The van der Waals surface area contributed by atoms with Crippen LogP contribution in [0.15, 0.2) is 18.5 Å². The van der Waals surface area contributed by atoms with E-state index in [1.54, 1.807) is 20.0 Å². The van der Waals surface area contributed by atoms with E-state index in [2.05, 4.69) is 15.7 Å². The van der Waals surface area contributed by atoms with Gasteiger partial charge in [-0.3, -0.25) is 4.68 Å². The summed E-state index contributed by atoms with van der Waals surface area (Å²) in [6.45, 7) is 3.57. The summed E-state index contributed by atoms with van der Waals surface area (Å²) >= 11 is 0. The zero-order valence-corrected chi connectivity index (χ0v) is 12.2. The lowest BCUT2D eigenvalue weighted by molar-refractivity contribution is 0.0814. The Morgan fingerprint density at radius 1 is 1.45 bits per heavy atom. The standard InChI is InChI=1S/C14H24N4O2/c1-14(2,20)10-15-13(19)17-11-6-3-4-7-12(11)18-9-5-8-16-18/h5,8-9,11-12,20H,3-4,6-7,10H2,1-2H3,(H2,15,17,19)/t11-,12+/m0/s1. The van der Waals surface area contributed by atoms with Crippen molar-refractivity contribution in [1.29, 1.82) is 0 Å². The molecule has 6 heteroatoms. The van der Waals surface area contributed by atoms with Gasteiger partial charge in [0.2, 0.25) is 0 Å². The Morgan fingerprint density at radius 3 is 2.85 bits per heavy atom. The van der Waals surface area contributed by atoms with Gasteiger partial charge in [-0.1, -0.05) is 12.8 Å². The average molecular weight is 280 g/mol. The van der Waals surface area contributed by atoms with Crippen molar-refractivity contribution in [3.05, 3.63) is 18.5 Å². The number of amides is 2. The highest BCUT2D eigenvalue weighted by molar-refractivity contribution is 5.74. The largest absolute Gasteiger partial charge is 0.389 e. The number of urea groups is 1. The molecule has 0 aromatic carbocycles.